The fourth-order valence-electron chi connectivity index (χ4n) is 5.37. The van der Waals surface area contributed by atoms with Gasteiger partial charge < -0.3 is 23.7 Å². The van der Waals surface area contributed by atoms with Crippen LogP contribution in [-0.4, -0.2) is 84.9 Å². The Morgan fingerprint density at radius 3 is 2.39 bits per heavy atom. The van der Waals surface area contributed by atoms with Gasteiger partial charge in [0.1, 0.15) is 29.6 Å². The van der Waals surface area contributed by atoms with Crippen LogP contribution in [0.1, 0.15) is 51.9 Å². The third kappa shape index (κ3) is 5.34. The van der Waals surface area contributed by atoms with E-state index in [1.54, 1.807) is 0 Å². The Bertz CT molecular complexity index is 1090. The summed E-state index contributed by atoms with van der Waals surface area (Å²) in [5.41, 5.74) is -0.655. The van der Waals surface area contributed by atoms with E-state index in [1.165, 1.54) is 0 Å². The van der Waals surface area contributed by atoms with E-state index in [2.05, 4.69) is 4.74 Å². The van der Waals surface area contributed by atoms with Crippen LogP contribution in [0.2, 0.25) is 0 Å². The van der Waals surface area contributed by atoms with Gasteiger partial charge in [-0.15, -0.1) is 0 Å². The molecule has 4 rings (SSSR count). The molecular weight excluding hydrogens is 545 g/mol. The first-order chi connectivity index (χ1) is 17.6. The van der Waals surface area contributed by atoms with Gasteiger partial charge in [0.05, 0.1) is 19.4 Å². The van der Waals surface area contributed by atoms with Gasteiger partial charge in [-0.25, -0.2) is 4.39 Å². The molecule has 0 aromatic rings. The molecule has 4 fully saturated rings. The molecule has 1 N–H and O–H groups in total. The quantitative estimate of drug-likeness (QED) is 0.214. The van der Waals surface area contributed by atoms with E-state index in [1.807, 2.05) is 6.92 Å². The van der Waals surface area contributed by atoms with Crippen LogP contribution < -0.4 is 0 Å². The van der Waals surface area contributed by atoms with Crippen LogP contribution >= 0.6 is 0 Å². The number of fused-ring (bicyclic) bond motifs is 1. The number of ether oxygens (including phenoxy) is 5. The Labute approximate surface area is 215 Å². The molecule has 0 spiro atoms. The summed E-state index contributed by atoms with van der Waals surface area (Å²) in [5.74, 6) is -5.22. The number of rotatable bonds is 11. The molecule has 0 amide bonds. The van der Waals surface area contributed by atoms with Crippen LogP contribution in [0.5, 0.6) is 0 Å². The summed E-state index contributed by atoms with van der Waals surface area (Å²) in [6, 6.07) is 0. The van der Waals surface area contributed by atoms with Gasteiger partial charge >= 0.3 is 39.2 Å². The molecule has 0 radical (unpaired) electrons. The minimum atomic E-state index is -6.00. The van der Waals surface area contributed by atoms with Crippen LogP contribution in [0, 0.1) is 11.8 Å². The first-order valence-electron chi connectivity index (χ1n) is 12.1. The molecule has 16 heteroatoms. The average molecular weight is 573 g/mol. The van der Waals surface area contributed by atoms with Gasteiger partial charge in [-0.3, -0.25) is 23.7 Å². The summed E-state index contributed by atoms with van der Waals surface area (Å²) >= 11 is 0. The maximum absolute atomic E-state index is 13.4. The van der Waals surface area contributed by atoms with E-state index < -0.39 is 113 Å². The molecule has 0 aromatic carbocycles. The Kier molecular flexibility index (Phi) is 7.71. The molecule has 7 atom stereocenters. The number of hydrogen-bond donors (Lipinski definition) is 1. The maximum atomic E-state index is 13.4. The minimum Gasteiger partial charge on any atom is -0.466 e. The van der Waals surface area contributed by atoms with Gasteiger partial charge in [-0.05, 0) is 32.6 Å². The maximum Gasteiger partial charge on any atom is 0.400 e. The Morgan fingerprint density at radius 1 is 1.13 bits per heavy atom. The Balaban J connectivity index is 1.26. The molecule has 12 nitrogen and oxygen atoms in total. The molecule has 3 saturated heterocycles. The zero-order chi connectivity index (χ0) is 28.0. The molecular formula is C22H27F3O12S. The second-order valence-corrected chi connectivity index (χ2v) is 11.6. The lowest BCUT2D eigenvalue weighted by Crippen LogP contribution is -2.49. The molecule has 3 aliphatic heterocycles. The molecule has 7 unspecified atom stereocenters. The molecule has 38 heavy (non-hydrogen) atoms. The highest BCUT2D eigenvalue weighted by atomic mass is 32.2. The van der Waals surface area contributed by atoms with Gasteiger partial charge in [0.15, 0.2) is 18.4 Å². The fraction of sp³-hybridized carbons (Fsp3) is 0.818. The first kappa shape index (κ1) is 28.5. The highest BCUT2D eigenvalue weighted by molar-refractivity contribution is 7.86. The molecule has 4 aliphatic rings. The number of hydrogen-bond acceptors (Lipinski definition) is 11. The topological polar surface area (TPSA) is 169 Å². The Morgan fingerprint density at radius 2 is 1.76 bits per heavy atom. The van der Waals surface area contributed by atoms with Crippen LogP contribution in [0.3, 0.4) is 0 Å². The third-order valence-corrected chi connectivity index (χ3v) is 8.27. The molecule has 214 valence electrons. The van der Waals surface area contributed by atoms with E-state index in [0.29, 0.717) is 12.8 Å². The monoisotopic (exact) mass is 572 g/mol. The predicted molar refractivity (Wildman–Crippen MR) is 115 cm³/mol. The average Bonchev–Trinajstić information content (AvgIpc) is 3.55. The van der Waals surface area contributed by atoms with Crippen LogP contribution in [0.4, 0.5) is 13.2 Å². The summed E-state index contributed by atoms with van der Waals surface area (Å²) in [6.07, 6.45) is -6.36. The van der Waals surface area contributed by atoms with Crippen LogP contribution in [-0.2, 0) is 53.0 Å². The van der Waals surface area contributed by atoms with Crippen molar-refractivity contribution in [2.75, 3.05) is 6.61 Å². The summed E-state index contributed by atoms with van der Waals surface area (Å²) in [7, 11) is -6.00. The van der Waals surface area contributed by atoms with Crippen molar-refractivity contribution in [3.8, 4) is 0 Å². The zero-order valence-corrected chi connectivity index (χ0v) is 21.0. The number of carbonyl (C=O) groups is 4. The van der Waals surface area contributed by atoms with Crippen molar-refractivity contribution in [3.05, 3.63) is 0 Å². The van der Waals surface area contributed by atoms with E-state index in [9.17, 15) is 40.8 Å². The highest BCUT2D eigenvalue weighted by Crippen LogP contribution is 2.52. The number of halogens is 3. The minimum absolute atomic E-state index is 0.551. The number of carbonyl (C=O) groups excluding carboxylic acids is 4. The van der Waals surface area contributed by atoms with E-state index in [0.717, 1.165) is 12.8 Å². The Hall–Kier alpha value is -2.46. The molecule has 1 saturated carbocycles. The molecule has 0 aromatic heterocycles. The van der Waals surface area contributed by atoms with Crippen molar-refractivity contribution in [2.24, 2.45) is 11.8 Å². The normalized spacial score (nSPS) is 32.1. The van der Waals surface area contributed by atoms with Crippen LogP contribution in [0.25, 0.3) is 0 Å². The second kappa shape index (κ2) is 10.3. The lowest BCUT2D eigenvalue weighted by atomic mass is 9.78. The van der Waals surface area contributed by atoms with E-state index >= 15 is 0 Å². The van der Waals surface area contributed by atoms with Crippen molar-refractivity contribution < 1.29 is 69.0 Å². The lowest BCUT2D eigenvalue weighted by Gasteiger charge is -2.31. The van der Waals surface area contributed by atoms with Crippen molar-refractivity contribution in [2.45, 2.75) is 93.3 Å². The van der Waals surface area contributed by atoms with Crippen LogP contribution in [0.15, 0.2) is 0 Å². The summed E-state index contributed by atoms with van der Waals surface area (Å²) in [6.45, 7) is 0.870. The number of alkyl halides is 3. The zero-order valence-electron chi connectivity index (χ0n) is 20.2. The molecule has 2 bridgehead atoms. The van der Waals surface area contributed by atoms with Gasteiger partial charge in [0.2, 0.25) is 0 Å². The van der Waals surface area contributed by atoms with E-state index in [-0.39, 0.29) is 0 Å². The van der Waals surface area contributed by atoms with Crippen molar-refractivity contribution in [1.29, 1.82) is 0 Å². The van der Waals surface area contributed by atoms with Gasteiger partial charge in [-0.1, -0.05) is 0 Å². The van der Waals surface area contributed by atoms with Gasteiger partial charge in [0, 0.05) is 6.42 Å². The third-order valence-electron chi connectivity index (χ3n) is 7.33. The molecule has 1 aliphatic carbocycles. The summed E-state index contributed by atoms with van der Waals surface area (Å²) in [4.78, 5) is 49.6. The van der Waals surface area contributed by atoms with Crippen molar-refractivity contribution in [1.82, 2.24) is 0 Å². The summed E-state index contributed by atoms with van der Waals surface area (Å²) in [5, 5.41) is -5.08. The van der Waals surface area contributed by atoms with Gasteiger partial charge in [-0.2, -0.15) is 17.2 Å². The molecule has 3 heterocycles. The van der Waals surface area contributed by atoms with Crippen molar-refractivity contribution >= 4 is 34.0 Å². The first-order valence-corrected chi connectivity index (χ1v) is 13.5. The van der Waals surface area contributed by atoms with Crippen molar-refractivity contribution in [3.63, 3.8) is 0 Å². The smallest absolute Gasteiger partial charge is 0.400 e. The fourth-order valence-corrected chi connectivity index (χ4v) is 5.81. The number of esters is 4. The highest BCUT2D eigenvalue weighted by Gasteiger charge is 2.72. The predicted octanol–water partition coefficient (Wildman–Crippen LogP) is 1.25. The van der Waals surface area contributed by atoms with Gasteiger partial charge in [0.25, 0.3) is 0 Å². The van der Waals surface area contributed by atoms with E-state index in [4.69, 9.17) is 23.5 Å². The lowest BCUT2D eigenvalue weighted by molar-refractivity contribution is -0.172. The largest absolute Gasteiger partial charge is 0.466 e. The SMILES string of the molecule is CC1(OC(=O)C2C3OC4C(OC(=O)C42)C3OC(=O)CCC(=O)OCCC(F)C(F)(F)S(=O)(=O)O)CCCC1. The summed E-state index contributed by atoms with van der Waals surface area (Å²) < 4.78 is 95.8. The standard InChI is InChI=1S/C22H27F3O12S/c1-21(7-2-3-8-21)37-20(29)14-13-15-18(36-19(13)28)17(16(14)35-15)34-12(27)5-4-11(26)33-9-6-10(23)22(24,25)38(30,31)32/h10,13-18H,2-9H2,1H3,(H,30,31,32). The second-order valence-electron chi connectivity index (χ2n) is 10.1.